The first-order chi connectivity index (χ1) is 13.4. The molecule has 0 unspecified atom stereocenters. The molecule has 0 spiro atoms. The third kappa shape index (κ3) is 3.77. The van der Waals surface area contributed by atoms with Crippen molar-refractivity contribution in [1.82, 2.24) is 14.2 Å². The fraction of sp³-hybridized carbons (Fsp3) is 0.368. The number of carbonyl (C=O) groups excluding carboxylic acids is 1. The van der Waals surface area contributed by atoms with Gasteiger partial charge in [0.1, 0.15) is 0 Å². The van der Waals surface area contributed by atoms with E-state index in [0.29, 0.717) is 56.4 Å². The zero-order valence-electron chi connectivity index (χ0n) is 15.2. The third-order valence-corrected chi connectivity index (χ3v) is 7.12. The van der Waals surface area contributed by atoms with E-state index in [-0.39, 0.29) is 10.8 Å². The average Bonchev–Trinajstić information content (AvgIpc) is 2.73. The van der Waals surface area contributed by atoms with Gasteiger partial charge in [0.15, 0.2) is 0 Å². The zero-order chi connectivity index (χ0) is 19.7. The van der Waals surface area contributed by atoms with Crippen LogP contribution in [0.25, 0.3) is 0 Å². The molecule has 3 heterocycles. The molecule has 9 heteroatoms. The lowest BCUT2D eigenvalue weighted by atomic mass is 10.0. The van der Waals surface area contributed by atoms with Crippen molar-refractivity contribution in [3.8, 4) is 0 Å². The molecule has 7 nitrogen and oxygen atoms in total. The highest BCUT2D eigenvalue weighted by atomic mass is 35.5. The molecule has 148 valence electrons. The second-order valence-corrected chi connectivity index (χ2v) is 9.15. The Labute approximate surface area is 168 Å². The Morgan fingerprint density at radius 3 is 2.54 bits per heavy atom. The van der Waals surface area contributed by atoms with Crippen LogP contribution < -0.4 is 0 Å². The van der Waals surface area contributed by atoms with Gasteiger partial charge in [-0.15, -0.1) is 0 Å². The van der Waals surface area contributed by atoms with Crippen molar-refractivity contribution in [1.29, 1.82) is 0 Å². The van der Waals surface area contributed by atoms with Gasteiger partial charge in [0, 0.05) is 50.1 Å². The Bertz CT molecular complexity index is 989. The number of amides is 1. The highest BCUT2D eigenvalue weighted by Crippen LogP contribution is 2.23. The number of rotatable bonds is 3. The van der Waals surface area contributed by atoms with Gasteiger partial charge in [-0.1, -0.05) is 11.6 Å². The van der Waals surface area contributed by atoms with Crippen LogP contribution in [0.4, 0.5) is 0 Å². The summed E-state index contributed by atoms with van der Waals surface area (Å²) in [5.74, 6) is -0.138. The second kappa shape index (κ2) is 7.79. The summed E-state index contributed by atoms with van der Waals surface area (Å²) in [7, 11) is -3.57. The predicted octanol–water partition coefficient (Wildman–Crippen LogP) is 1.95. The highest BCUT2D eigenvalue weighted by molar-refractivity contribution is 7.89. The number of pyridine rings is 1. The van der Waals surface area contributed by atoms with Crippen molar-refractivity contribution in [3.05, 3.63) is 58.4 Å². The molecule has 1 saturated heterocycles. The number of hydrogen-bond donors (Lipinski definition) is 0. The van der Waals surface area contributed by atoms with Crippen LogP contribution in [0.3, 0.4) is 0 Å². The first kappa shape index (κ1) is 19.3. The SMILES string of the molecule is O=C(c1ccc(S(=O)(=O)N2CCOCC2)cc1)N1CCc2ncc(Cl)cc2C1. The molecule has 2 aromatic rings. The molecule has 1 aromatic carbocycles. The number of benzene rings is 1. The van der Waals surface area contributed by atoms with Gasteiger partial charge in [-0.3, -0.25) is 9.78 Å². The minimum Gasteiger partial charge on any atom is -0.379 e. The van der Waals surface area contributed by atoms with E-state index in [4.69, 9.17) is 16.3 Å². The van der Waals surface area contributed by atoms with Gasteiger partial charge in [-0.05, 0) is 35.9 Å². The first-order valence-corrected chi connectivity index (χ1v) is 10.9. The van der Waals surface area contributed by atoms with Gasteiger partial charge in [-0.25, -0.2) is 8.42 Å². The van der Waals surface area contributed by atoms with Crippen LogP contribution in [0, 0.1) is 0 Å². The lowest BCUT2D eigenvalue weighted by molar-refractivity contribution is 0.0730. The van der Waals surface area contributed by atoms with Gasteiger partial charge < -0.3 is 9.64 Å². The quantitative estimate of drug-likeness (QED) is 0.756. The number of nitrogens with zero attached hydrogens (tertiary/aromatic N) is 3. The second-order valence-electron chi connectivity index (χ2n) is 6.78. The molecular formula is C19H20ClN3O4S. The largest absolute Gasteiger partial charge is 0.379 e. The Morgan fingerprint density at radius 1 is 1.11 bits per heavy atom. The number of fused-ring (bicyclic) bond motifs is 1. The molecule has 1 fully saturated rings. The third-order valence-electron chi connectivity index (χ3n) is 5.00. The van der Waals surface area contributed by atoms with Crippen LogP contribution in [0.15, 0.2) is 41.4 Å². The summed E-state index contributed by atoms with van der Waals surface area (Å²) in [6.07, 6.45) is 2.28. The van der Waals surface area contributed by atoms with Crippen LogP contribution in [0.1, 0.15) is 21.6 Å². The summed E-state index contributed by atoms with van der Waals surface area (Å²) < 4.78 is 32.0. The van der Waals surface area contributed by atoms with E-state index in [1.165, 1.54) is 16.4 Å². The Balaban J connectivity index is 1.50. The number of hydrogen-bond acceptors (Lipinski definition) is 5. The minimum atomic E-state index is -3.57. The maximum atomic E-state index is 12.9. The van der Waals surface area contributed by atoms with E-state index in [9.17, 15) is 13.2 Å². The zero-order valence-corrected chi connectivity index (χ0v) is 16.7. The molecule has 0 radical (unpaired) electrons. The number of morpholine rings is 1. The molecule has 1 aromatic heterocycles. The van der Waals surface area contributed by atoms with E-state index in [0.717, 1.165) is 11.3 Å². The fourth-order valence-corrected chi connectivity index (χ4v) is 5.05. The van der Waals surface area contributed by atoms with Crippen LogP contribution in [0.2, 0.25) is 5.02 Å². The van der Waals surface area contributed by atoms with Gasteiger partial charge in [0.2, 0.25) is 10.0 Å². The number of aromatic nitrogens is 1. The van der Waals surface area contributed by atoms with Crippen LogP contribution in [-0.2, 0) is 27.7 Å². The molecule has 0 N–H and O–H groups in total. The normalized spacial score (nSPS) is 18.0. The molecule has 1 amide bonds. The van der Waals surface area contributed by atoms with Crippen molar-refractivity contribution in [2.45, 2.75) is 17.9 Å². The molecule has 0 saturated carbocycles. The van der Waals surface area contributed by atoms with E-state index in [1.54, 1.807) is 23.2 Å². The average molecular weight is 422 g/mol. The monoisotopic (exact) mass is 421 g/mol. The lowest BCUT2D eigenvalue weighted by Crippen LogP contribution is -2.40. The van der Waals surface area contributed by atoms with Gasteiger partial charge in [0.25, 0.3) is 5.91 Å². The smallest absolute Gasteiger partial charge is 0.254 e. The van der Waals surface area contributed by atoms with Crippen molar-refractivity contribution in [3.63, 3.8) is 0 Å². The minimum absolute atomic E-state index is 0.138. The molecule has 28 heavy (non-hydrogen) atoms. The van der Waals surface area contributed by atoms with E-state index in [1.807, 2.05) is 6.07 Å². The Morgan fingerprint density at radius 2 is 1.82 bits per heavy atom. The first-order valence-electron chi connectivity index (χ1n) is 9.06. The maximum Gasteiger partial charge on any atom is 0.254 e. The summed E-state index contributed by atoms with van der Waals surface area (Å²) in [4.78, 5) is 19.1. The summed E-state index contributed by atoms with van der Waals surface area (Å²) in [5.41, 5.74) is 2.36. The van der Waals surface area contributed by atoms with Crippen LogP contribution in [0.5, 0.6) is 0 Å². The number of halogens is 1. The van der Waals surface area contributed by atoms with Crippen LogP contribution >= 0.6 is 11.6 Å². The van der Waals surface area contributed by atoms with E-state index in [2.05, 4.69) is 4.98 Å². The maximum absolute atomic E-state index is 12.9. The van der Waals surface area contributed by atoms with Crippen molar-refractivity contribution >= 4 is 27.5 Å². The van der Waals surface area contributed by atoms with Crippen LogP contribution in [-0.4, -0.2) is 61.4 Å². The molecule has 0 atom stereocenters. The molecule has 2 aliphatic heterocycles. The number of carbonyl (C=O) groups is 1. The summed E-state index contributed by atoms with van der Waals surface area (Å²) in [6, 6.07) is 7.97. The summed E-state index contributed by atoms with van der Waals surface area (Å²) in [5, 5.41) is 0.547. The van der Waals surface area contributed by atoms with E-state index < -0.39 is 10.0 Å². The summed E-state index contributed by atoms with van der Waals surface area (Å²) in [6.45, 7) is 2.47. The number of ether oxygens (including phenoxy) is 1. The van der Waals surface area contributed by atoms with Gasteiger partial charge in [0.05, 0.1) is 23.1 Å². The van der Waals surface area contributed by atoms with Gasteiger partial charge >= 0.3 is 0 Å². The predicted molar refractivity (Wildman–Crippen MR) is 104 cm³/mol. The van der Waals surface area contributed by atoms with Crippen molar-refractivity contribution in [2.24, 2.45) is 0 Å². The molecule has 4 rings (SSSR count). The van der Waals surface area contributed by atoms with E-state index >= 15 is 0 Å². The standard InChI is InChI=1S/C19H20ClN3O4S/c20-16-11-15-13-22(6-5-18(15)21-12-16)19(24)14-1-3-17(4-2-14)28(25,26)23-7-9-27-10-8-23/h1-4,11-12H,5-10,13H2. The molecular weight excluding hydrogens is 402 g/mol. The highest BCUT2D eigenvalue weighted by Gasteiger charge is 2.27. The topological polar surface area (TPSA) is 79.8 Å². The van der Waals surface area contributed by atoms with Crippen molar-refractivity contribution < 1.29 is 17.9 Å². The lowest BCUT2D eigenvalue weighted by Gasteiger charge is -2.28. The summed E-state index contributed by atoms with van der Waals surface area (Å²) >= 11 is 6.01. The Kier molecular flexibility index (Phi) is 5.37. The molecule has 0 bridgehead atoms. The van der Waals surface area contributed by atoms with Crippen molar-refractivity contribution in [2.75, 3.05) is 32.8 Å². The fourth-order valence-electron chi connectivity index (χ4n) is 3.46. The number of sulfonamides is 1. The van der Waals surface area contributed by atoms with Gasteiger partial charge in [-0.2, -0.15) is 4.31 Å². The molecule has 0 aliphatic carbocycles. The Hall–Kier alpha value is -2.00. The molecule has 2 aliphatic rings.